The highest BCUT2D eigenvalue weighted by molar-refractivity contribution is 5.96. The SMILES string of the molecule is Cc1cc(C)cc(Nc2ncc3c(n2)CN(C2CCN(C(=O)c4ccc(NN)c(N)c4)CC2)C3)c1. The molecule has 0 atom stereocenters. The van der Waals surface area contributed by atoms with Crippen molar-refractivity contribution in [2.45, 2.75) is 45.8 Å². The first-order valence-corrected chi connectivity index (χ1v) is 12.0. The number of nitrogens with one attached hydrogen (secondary N) is 2. The summed E-state index contributed by atoms with van der Waals surface area (Å²) in [7, 11) is 0. The summed E-state index contributed by atoms with van der Waals surface area (Å²) in [6.07, 6.45) is 3.80. The molecule has 1 fully saturated rings. The van der Waals surface area contributed by atoms with Crippen LogP contribution in [0.1, 0.15) is 45.6 Å². The van der Waals surface area contributed by atoms with Gasteiger partial charge in [-0.25, -0.2) is 9.97 Å². The number of aromatic nitrogens is 2. The summed E-state index contributed by atoms with van der Waals surface area (Å²) in [5.41, 5.74) is 15.9. The van der Waals surface area contributed by atoms with E-state index in [0.717, 1.165) is 50.4 Å². The highest BCUT2D eigenvalue weighted by Gasteiger charge is 2.31. The molecule has 0 saturated carbocycles. The molecule has 2 aromatic carbocycles. The number of amides is 1. The van der Waals surface area contributed by atoms with Crippen LogP contribution in [0, 0.1) is 13.8 Å². The van der Waals surface area contributed by atoms with E-state index in [1.165, 1.54) is 16.7 Å². The summed E-state index contributed by atoms with van der Waals surface area (Å²) in [4.78, 5) is 26.7. The molecule has 6 N–H and O–H groups in total. The number of nitrogens with two attached hydrogens (primary N) is 2. The van der Waals surface area contributed by atoms with E-state index in [0.29, 0.717) is 28.9 Å². The van der Waals surface area contributed by atoms with Crippen molar-refractivity contribution in [2.75, 3.05) is 29.6 Å². The number of aryl methyl sites for hydroxylation is 2. The van der Waals surface area contributed by atoms with E-state index in [1.54, 1.807) is 18.2 Å². The first-order chi connectivity index (χ1) is 16.9. The van der Waals surface area contributed by atoms with Gasteiger partial charge >= 0.3 is 0 Å². The molecule has 0 spiro atoms. The maximum Gasteiger partial charge on any atom is 0.253 e. The van der Waals surface area contributed by atoms with E-state index in [9.17, 15) is 4.79 Å². The molecule has 0 aliphatic carbocycles. The van der Waals surface area contributed by atoms with Crippen LogP contribution in [-0.2, 0) is 13.1 Å². The summed E-state index contributed by atoms with van der Waals surface area (Å²) in [6, 6.07) is 11.9. The number of fused-ring (bicyclic) bond motifs is 1. The molecule has 9 heteroatoms. The van der Waals surface area contributed by atoms with Gasteiger partial charge in [-0.2, -0.15) is 0 Å². The zero-order valence-electron chi connectivity index (χ0n) is 20.2. The predicted octanol–water partition coefficient (Wildman–Crippen LogP) is 3.33. The average Bonchev–Trinajstić information content (AvgIpc) is 3.26. The van der Waals surface area contributed by atoms with Gasteiger partial charge in [0.25, 0.3) is 5.91 Å². The van der Waals surface area contributed by atoms with Gasteiger partial charge in [-0.05, 0) is 68.1 Å². The molecule has 35 heavy (non-hydrogen) atoms. The van der Waals surface area contributed by atoms with Crippen LogP contribution in [0.15, 0.2) is 42.6 Å². The Morgan fingerprint density at radius 3 is 2.49 bits per heavy atom. The van der Waals surface area contributed by atoms with Crippen molar-refractivity contribution in [3.05, 3.63) is 70.5 Å². The van der Waals surface area contributed by atoms with E-state index in [2.05, 4.69) is 52.7 Å². The molecule has 5 rings (SSSR count). The Balaban J connectivity index is 1.19. The minimum absolute atomic E-state index is 0.0106. The first kappa shape index (κ1) is 23.1. The Kier molecular flexibility index (Phi) is 6.27. The van der Waals surface area contributed by atoms with Gasteiger partial charge in [0.05, 0.1) is 17.1 Å². The molecule has 1 saturated heterocycles. The third-order valence-corrected chi connectivity index (χ3v) is 6.88. The van der Waals surface area contributed by atoms with Gasteiger partial charge in [0.2, 0.25) is 5.95 Å². The smallest absolute Gasteiger partial charge is 0.253 e. The second-order valence-electron chi connectivity index (χ2n) is 9.54. The normalized spacial score (nSPS) is 16.3. The van der Waals surface area contributed by atoms with Crippen LogP contribution in [0.2, 0.25) is 0 Å². The molecule has 3 aromatic rings. The Labute approximate surface area is 205 Å². The van der Waals surface area contributed by atoms with Crippen LogP contribution in [0.3, 0.4) is 0 Å². The standard InChI is InChI=1S/C26H32N8O/c1-16-9-17(2)11-20(10-16)30-26-29-13-19-14-34(15-24(19)31-26)21-5-7-33(8-6-21)25(35)18-3-4-23(32-28)22(27)12-18/h3-4,9-13,21,32H,5-8,14-15,27-28H2,1-2H3,(H,29,30,31). The number of benzene rings is 2. The van der Waals surface area contributed by atoms with Crippen LogP contribution >= 0.6 is 0 Å². The number of hydrogen-bond donors (Lipinski definition) is 4. The quantitative estimate of drug-likeness (QED) is 0.253. The molecule has 0 radical (unpaired) electrons. The molecule has 182 valence electrons. The molecule has 0 bridgehead atoms. The minimum atomic E-state index is 0.0106. The van der Waals surface area contributed by atoms with Crippen LogP contribution in [-0.4, -0.2) is 44.8 Å². The fourth-order valence-electron chi connectivity index (χ4n) is 5.12. The summed E-state index contributed by atoms with van der Waals surface area (Å²) in [5, 5.41) is 3.35. The third kappa shape index (κ3) is 4.91. The fourth-order valence-corrected chi connectivity index (χ4v) is 5.12. The number of carbonyl (C=O) groups excluding carboxylic acids is 1. The first-order valence-electron chi connectivity index (χ1n) is 12.0. The zero-order valence-corrected chi connectivity index (χ0v) is 20.2. The number of piperidine rings is 1. The van der Waals surface area contributed by atoms with Crippen molar-refractivity contribution in [3.63, 3.8) is 0 Å². The van der Waals surface area contributed by atoms with Gasteiger partial charge in [-0.15, -0.1) is 0 Å². The lowest BCUT2D eigenvalue weighted by molar-refractivity contribution is 0.0613. The summed E-state index contributed by atoms with van der Waals surface area (Å²) >= 11 is 0. The monoisotopic (exact) mass is 472 g/mol. The van der Waals surface area contributed by atoms with Crippen molar-refractivity contribution in [1.29, 1.82) is 0 Å². The van der Waals surface area contributed by atoms with Crippen molar-refractivity contribution >= 4 is 28.9 Å². The number of nitrogens with zero attached hydrogens (tertiary/aromatic N) is 4. The molecule has 0 unspecified atom stereocenters. The van der Waals surface area contributed by atoms with E-state index in [1.807, 2.05) is 11.1 Å². The largest absolute Gasteiger partial charge is 0.397 e. The van der Waals surface area contributed by atoms with Crippen LogP contribution in [0.5, 0.6) is 0 Å². The molecule has 2 aliphatic heterocycles. The molecule has 2 aliphatic rings. The van der Waals surface area contributed by atoms with Crippen molar-refractivity contribution < 1.29 is 4.79 Å². The van der Waals surface area contributed by atoms with Crippen molar-refractivity contribution in [3.8, 4) is 0 Å². The summed E-state index contributed by atoms with van der Waals surface area (Å²) in [6.45, 7) is 7.27. The van der Waals surface area contributed by atoms with Gasteiger partial charge in [0.15, 0.2) is 0 Å². The highest BCUT2D eigenvalue weighted by atomic mass is 16.2. The Morgan fingerprint density at radius 2 is 1.80 bits per heavy atom. The second-order valence-corrected chi connectivity index (χ2v) is 9.54. The predicted molar refractivity (Wildman–Crippen MR) is 138 cm³/mol. The maximum atomic E-state index is 13.0. The molecule has 3 heterocycles. The number of carbonyl (C=O) groups is 1. The van der Waals surface area contributed by atoms with Crippen molar-refractivity contribution in [2.24, 2.45) is 5.84 Å². The lowest BCUT2D eigenvalue weighted by atomic mass is 10.0. The number of hydrazine groups is 1. The van der Waals surface area contributed by atoms with Crippen molar-refractivity contribution in [1.82, 2.24) is 19.8 Å². The van der Waals surface area contributed by atoms with Crippen LogP contribution < -0.4 is 22.3 Å². The number of hydrogen-bond acceptors (Lipinski definition) is 8. The van der Waals surface area contributed by atoms with Gasteiger partial charge in [0, 0.05) is 55.2 Å². The van der Waals surface area contributed by atoms with Gasteiger partial charge < -0.3 is 21.4 Å². The lowest BCUT2D eigenvalue weighted by Gasteiger charge is -2.36. The molecule has 1 aromatic heterocycles. The van der Waals surface area contributed by atoms with E-state index in [-0.39, 0.29) is 5.91 Å². The Morgan fingerprint density at radius 1 is 1.06 bits per heavy atom. The summed E-state index contributed by atoms with van der Waals surface area (Å²) < 4.78 is 0. The topological polar surface area (TPSA) is 125 Å². The number of likely N-dealkylation sites (tertiary alicyclic amines) is 1. The molecule has 1 amide bonds. The number of nitrogen functional groups attached to an aromatic ring is 2. The minimum Gasteiger partial charge on any atom is -0.397 e. The maximum absolute atomic E-state index is 13.0. The summed E-state index contributed by atoms with van der Waals surface area (Å²) in [5.74, 6) is 6.08. The Hall–Kier alpha value is -3.69. The lowest BCUT2D eigenvalue weighted by Crippen LogP contribution is -2.45. The Bertz CT molecular complexity index is 1230. The molecule has 9 nitrogen and oxygen atoms in total. The van der Waals surface area contributed by atoms with E-state index in [4.69, 9.17) is 16.6 Å². The van der Waals surface area contributed by atoms with Gasteiger partial charge in [0.1, 0.15) is 0 Å². The highest BCUT2D eigenvalue weighted by Crippen LogP contribution is 2.29. The average molecular weight is 473 g/mol. The van der Waals surface area contributed by atoms with Gasteiger partial charge in [-0.1, -0.05) is 6.07 Å². The fraction of sp³-hybridized carbons (Fsp3) is 0.346. The van der Waals surface area contributed by atoms with Gasteiger partial charge in [-0.3, -0.25) is 15.5 Å². The van der Waals surface area contributed by atoms with Crippen LogP contribution in [0.25, 0.3) is 0 Å². The molecular weight excluding hydrogens is 440 g/mol. The second kappa shape index (κ2) is 9.52. The van der Waals surface area contributed by atoms with E-state index < -0.39 is 0 Å². The zero-order chi connectivity index (χ0) is 24.5. The van der Waals surface area contributed by atoms with Crippen LogP contribution in [0.4, 0.5) is 23.0 Å². The third-order valence-electron chi connectivity index (χ3n) is 6.88. The molecular formula is C26H32N8O. The number of anilines is 4. The number of rotatable bonds is 5. The van der Waals surface area contributed by atoms with E-state index >= 15 is 0 Å².